The standard InChI is InChI=1S/C13H21NOS/c1-2-14-9-8-13(6-4-7-13)15-11-12-5-3-10-16-12/h3,5,10,14H,2,4,6-9,11H2,1H3. The van der Waals surface area contributed by atoms with Gasteiger partial charge in [-0.25, -0.2) is 0 Å². The van der Waals surface area contributed by atoms with Crippen LogP contribution >= 0.6 is 11.3 Å². The summed E-state index contributed by atoms with van der Waals surface area (Å²) in [5.74, 6) is 0. The van der Waals surface area contributed by atoms with Gasteiger partial charge in [-0.1, -0.05) is 13.0 Å². The summed E-state index contributed by atoms with van der Waals surface area (Å²) in [6.07, 6.45) is 4.97. The molecule has 1 N–H and O–H groups in total. The van der Waals surface area contributed by atoms with Crippen LogP contribution in [0, 0.1) is 0 Å². The Kier molecular flexibility index (Phi) is 4.38. The van der Waals surface area contributed by atoms with E-state index in [2.05, 4.69) is 29.8 Å². The minimum atomic E-state index is 0.187. The van der Waals surface area contributed by atoms with Crippen LogP contribution in [0.3, 0.4) is 0 Å². The molecule has 1 saturated carbocycles. The number of hydrogen-bond donors (Lipinski definition) is 1. The quantitative estimate of drug-likeness (QED) is 0.738. The van der Waals surface area contributed by atoms with Gasteiger partial charge in [-0.2, -0.15) is 0 Å². The van der Waals surface area contributed by atoms with Gasteiger partial charge in [0.05, 0.1) is 12.2 Å². The summed E-state index contributed by atoms with van der Waals surface area (Å²) in [5.41, 5.74) is 0.187. The van der Waals surface area contributed by atoms with E-state index in [4.69, 9.17) is 4.74 Å². The van der Waals surface area contributed by atoms with Crippen LogP contribution in [0.1, 0.15) is 37.5 Å². The van der Waals surface area contributed by atoms with Crippen LogP contribution in [-0.4, -0.2) is 18.7 Å². The lowest BCUT2D eigenvalue weighted by molar-refractivity contribution is -0.113. The second kappa shape index (κ2) is 5.80. The summed E-state index contributed by atoms with van der Waals surface area (Å²) in [4.78, 5) is 1.34. The molecular weight excluding hydrogens is 218 g/mol. The molecule has 1 heterocycles. The van der Waals surface area contributed by atoms with Crippen LogP contribution in [0.2, 0.25) is 0 Å². The summed E-state index contributed by atoms with van der Waals surface area (Å²) in [7, 11) is 0. The molecule has 1 fully saturated rings. The molecule has 1 aliphatic carbocycles. The molecule has 2 nitrogen and oxygen atoms in total. The van der Waals surface area contributed by atoms with E-state index in [1.54, 1.807) is 11.3 Å². The molecule has 0 saturated heterocycles. The number of hydrogen-bond acceptors (Lipinski definition) is 3. The number of ether oxygens (including phenoxy) is 1. The van der Waals surface area contributed by atoms with Crippen molar-refractivity contribution in [3.63, 3.8) is 0 Å². The van der Waals surface area contributed by atoms with Crippen molar-refractivity contribution in [2.24, 2.45) is 0 Å². The van der Waals surface area contributed by atoms with Gasteiger partial charge in [-0.15, -0.1) is 11.3 Å². The maximum Gasteiger partial charge on any atom is 0.0816 e. The van der Waals surface area contributed by atoms with Gasteiger partial charge in [-0.3, -0.25) is 0 Å². The van der Waals surface area contributed by atoms with Crippen LogP contribution in [0.15, 0.2) is 17.5 Å². The van der Waals surface area contributed by atoms with Gasteiger partial charge < -0.3 is 10.1 Å². The van der Waals surface area contributed by atoms with Crippen molar-refractivity contribution in [3.05, 3.63) is 22.4 Å². The smallest absolute Gasteiger partial charge is 0.0816 e. The lowest BCUT2D eigenvalue weighted by Crippen LogP contribution is -2.42. The van der Waals surface area contributed by atoms with Gasteiger partial charge in [0, 0.05) is 4.88 Å². The Hall–Kier alpha value is -0.380. The van der Waals surface area contributed by atoms with Crippen molar-refractivity contribution in [1.29, 1.82) is 0 Å². The molecule has 0 atom stereocenters. The largest absolute Gasteiger partial charge is 0.369 e. The molecule has 0 radical (unpaired) electrons. The van der Waals surface area contributed by atoms with Crippen molar-refractivity contribution >= 4 is 11.3 Å². The molecule has 1 aromatic rings. The van der Waals surface area contributed by atoms with Crippen LogP contribution < -0.4 is 5.32 Å². The molecule has 0 aliphatic heterocycles. The van der Waals surface area contributed by atoms with E-state index in [1.807, 2.05) is 0 Å². The molecule has 0 aromatic carbocycles. The fraction of sp³-hybridized carbons (Fsp3) is 0.692. The van der Waals surface area contributed by atoms with E-state index in [0.29, 0.717) is 0 Å². The minimum Gasteiger partial charge on any atom is -0.369 e. The summed E-state index contributed by atoms with van der Waals surface area (Å²) in [5, 5.41) is 5.50. The SMILES string of the molecule is CCNCCC1(OCc2cccs2)CCC1. The van der Waals surface area contributed by atoms with Gasteiger partial charge in [0.15, 0.2) is 0 Å². The molecule has 0 unspecified atom stereocenters. The van der Waals surface area contributed by atoms with Crippen LogP contribution in [0.25, 0.3) is 0 Å². The van der Waals surface area contributed by atoms with Crippen molar-refractivity contribution in [2.75, 3.05) is 13.1 Å². The van der Waals surface area contributed by atoms with Crippen molar-refractivity contribution < 1.29 is 4.74 Å². The van der Waals surface area contributed by atoms with E-state index in [-0.39, 0.29) is 5.60 Å². The summed E-state index contributed by atoms with van der Waals surface area (Å²) in [6.45, 7) is 5.09. The lowest BCUT2D eigenvalue weighted by Gasteiger charge is -2.41. The van der Waals surface area contributed by atoms with E-state index in [1.165, 1.54) is 24.1 Å². The Balaban J connectivity index is 1.76. The third kappa shape index (κ3) is 3.06. The molecule has 0 spiro atoms. The first-order chi connectivity index (χ1) is 7.85. The fourth-order valence-electron chi connectivity index (χ4n) is 2.15. The molecule has 0 bridgehead atoms. The number of rotatable bonds is 7. The Morgan fingerprint density at radius 1 is 1.50 bits per heavy atom. The zero-order chi connectivity index (χ0) is 11.3. The maximum absolute atomic E-state index is 6.13. The Morgan fingerprint density at radius 2 is 2.38 bits per heavy atom. The van der Waals surface area contributed by atoms with E-state index >= 15 is 0 Å². The molecule has 3 heteroatoms. The second-order valence-corrected chi connectivity index (χ2v) is 5.54. The molecular formula is C13H21NOS. The first-order valence-electron chi connectivity index (χ1n) is 6.22. The Morgan fingerprint density at radius 3 is 2.94 bits per heavy atom. The number of nitrogens with one attached hydrogen (secondary N) is 1. The predicted molar refractivity (Wildman–Crippen MR) is 68.9 cm³/mol. The average molecular weight is 239 g/mol. The molecule has 1 aliphatic rings. The van der Waals surface area contributed by atoms with Gasteiger partial charge >= 0.3 is 0 Å². The van der Waals surface area contributed by atoms with Crippen LogP contribution in [-0.2, 0) is 11.3 Å². The van der Waals surface area contributed by atoms with Gasteiger partial charge in [0.25, 0.3) is 0 Å². The molecule has 0 amide bonds. The maximum atomic E-state index is 6.13. The van der Waals surface area contributed by atoms with Crippen molar-refractivity contribution in [2.45, 2.75) is 44.8 Å². The zero-order valence-corrected chi connectivity index (χ0v) is 10.8. The van der Waals surface area contributed by atoms with E-state index in [0.717, 1.165) is 26.1 Å². The summed E-state index contributed by atoms with van der Waals surface area (Å²) in [6, 6.07) is 4.25. The van der Waals surface area contributed by atoms with Gasteiger partial charge in [-0.05, 0) is 50.2 Å². The highest BCUT2D eigenvalue weighted by Gasteiger charge is 2.37. The highest BCUT2D eigenvalue weighted by molar-refractivity contribution is 7.09. The fourth-order valence-corrected chi connectivity index (χ4v) is 2.77. The second-order valence-electron chi connectivity index (χ2n) is 4.51. The normalized spacial score (nSPS) is 18.3. The van der Waals surface area contributed by atoms with Crippen LogP contribution in [0.5, 0.6) is 0 Å². The first kappa shape index (κ1) is 12.1. The minimum absolute atomic E-state index is 0.187. The van der Waals surface area contributed by atoms with Crippen LogP contribution in [0.4, 0.5) is 0 Å². The predicted octanol–water partition coefficient (Wildman–Crippen LogP) is 3.19. The highest BCUT2D eigenvalue weighted by Crippen LogP contribution is 2.39. The Labute approximate surface area is 102 Å². The monoisotopic (exact) mass is 239 g/mol. The van der Waals surface area contributed by atoms with E-state index < -0.39 is 0 Å². The summed E-state index contributed by atoms with van der Waals surface area (Å²) < 4.78 is 6.13. The molecule has 1 aromatic heterocycles. The topological polar surface area (TPSA) is 21.3 Å². The summed E-state index contributed by atoms with van der Waals surface area (Å²) >= 11 is 1.79. The lowest BCUT2D eigenvalue weighted by atomic mass is 9.77. The third-order valence-electron chi connectivity index (χ3n) is 3.37. The van der Waals surface area contributed by atoms with Crippen molar-refractivity contribution in [1.82, 2.24) is 5.32 Å². The molecule has 2 rings (SSSR count). The van der Waals surface area contributed by atoms with Gasteiger partial charge in [0.1, 0.15) is 0 Å². The number of thiophene rings is 1. The van der Waals surface area contributed by atoms with E-state index in [9.17, 15) is 0 Å². The van der Waals surface area contributed by atoms with Crippen molar-refractivity contribution in [3.8, 4) is 0 Å². The average Bonchev–Trinajstić information content (AvgIpc) is 2.73. The molecule has 90 valence electrons. The van der Waals surface area contributed by atoms with Gasteiger partial charge in [0.2, 0.25) is 0 Å². The zero-order valence-electron chi connectivity index (χ0n) is 10.00. The highest BCUT2D eigenvalue weighted by atomic mass is 32.1. The Bertz CT molecular complexity index is 293. The first-order valence-corrected chi connectivity index (χ1v) is 7.10. The molecule has 16 heavy (non-hydrogen) atoms. The third-order valence-corrected chi connectivity index (χ3v) is 4.22.